The van der Waals surface area contributed by atoms with Gasteiger partial charge < -0.3 is 15.2 Å². The predicted molar refractivity (Wildman–Crippen MR) is 87.4 cm³/mol. The molecule has 0 unspecified atom stereocenters. The second kappa shape index (κ2) is 5.82. The number of carbonyl (C=O) groups excluding carboxylic acids is 1. The van der Waals surface area contributed by atoms with E-state index in [-0.39, 0.29) is 11.3 Å². The molecule has 2 N–H and O–H groups in total. The SMILES string of the molecule is COC(=O)c1ccc(Nc2nc3ccc(Cl)cc3s2)c(O)c1. The van der Waals surface area contributed by atoms with Crippen LogP contribution in [0.25, 0.3) is 10.2 Å². The van der Waals surface area contributed by atoms with Crippen molar-refractivity contribution in [2.24, 2.45) is 0 Å². The number of nitrogens with one attached hydrogen (secondary N) is 1. The summed E-state index contributed by atoms with van der Waals surface area (Å²) in [6.07, 6.45) is 0. The Labute approximate surface area is 135 Å². The van der Waals surface area contributed by atoms with E-state index < -0.39 is 5.97 Å². The van der Waals surface area contributed by atoms with Crippen molar-refractivity contribution in [3.63, 3.8) is 0 Å². The van der Waals surface area contributed by atoms with E-state index in [1.54, 1.807) is 18.2 Å². The normalized spacial score (nSPS) is 10.6. The maximum Gasteiger partial charge on any atom is 0.337 e. The van der Waals surface area contributed by atoms with Crippen molar-refractivity contribution >= 4 is 49.9 Å². The van der Waals surface area contributed by atoms with E-state index >= 15 is 0 Å². The van der Waals surface area contributed by atoms with E-state index in [9.17, 15) is 9.90 Å². The molecular formula is C15H11ClN2O3S. The van der Waals surface area contributed by atoms with Crippen LogP contribution in [0.5, 0.6) is 5.75 Å². The Morgan fingerprint density at radius 1 is 1.32 bits per heavy atom. The van der Waals surface area contributed by atoms with Crippen LogP contribution >= 0.6 is 22.9 Å². The third-order valence-corrected chi connectivity index (χ3v) is 4.18. The number of hydrogen-bond acceptors (Lipinski definition) is 6. The molecule has 0 atom stereocenters. The summed E-state index contributed by atoms with van der Waals surface area (Å²) in [4.78, 5) is 15.8. The van der Waals surface area contributed by atoms with Crippen molar-refractivity contribution in [3.8, 4) is 5.75 Å². The molecule has 1 aromatic heterocycles. The molecule has 0 aliphatic carbocycles. The van der Waals surface area contributed by atoms with Gasteiger partial charge in [0.25, 0.3) is 0 Å². The van der Waals surface area contributed by atoms with Crippen LogP contribution in [0.1, 0.15) is 10.4 Å². The molecule has 112 valence electrons. The van der Waals surface area contributed by atoms with Gasteiger partial charge in [-0.3, -0.25) is 0 Å². The summed E-state index contributed by atoms with van der Waals surface area (Å²) >= 11 is 7.37. The molecule has 3 aromatic rings. The first-order chi connectivity index (χ1) is 10.6. The summed E-state index contributed by atoms with van der Waals surface area (Å²) in [6.45, 7) is 0. The molecule has 0 saturated carbocycles. The Hall–Kier alpha value is -2.31. The highest BCUT2D eigenvalue weighted by Gasteiger charge is 2.11. The number of ether oxygens (including phenoxy) is 1. The number of methoxy groups -OCH3 is 1. The van der Waals surface area contributed by atoms with Crippen LogP contribution in [0.3, 0.4) is 0 Å². The zero-order valence-electron chi connectivity index (χ0n) is 11.5. The average Bonchev–Trinajstić information content (AvgIpc) is 2.90. The van der Waals surface area contributed by atoms with E-state index in [1.807, 2.05) is 12.1 Å². The first-order valence-corrected chi connectivity index (χ1v) is 7.51. The monoisotopic (exact) mass is 334 g/mol. The Kier molecular flexibility index (Phi) is 3.87. The Balaban J connectivity index is 1.89. The van der Waals surface area contributed by atoms with Gasteiger partial charge in [0, 0.05) is 5.02 Å². The second-order valence-electron chi connectivity index (χ2n) is 4.48. The minimum atomic E-state index is -0.503. The van der Waals surface area contributed by atoms with Gasteiger partial charge in [-0.2, -0.15) is 0 Å². The summed E-state index contributed by atoms with van der Waals surface area (Å²) in [5, 5.41) is 14.3. The largest absolute Gasteiger partial charge is 0.506 e. The van der Waals surface area contributed by atoms with Crippen LogP contribution in [0.15, 0.2) is 36.4 Å². The fourth-order valence-corrected chi connectivity index (χ4v) is 3.10. The number of phenols is 1. The molecule has 0 aliphatic rings. The standard InChI is InChI=1S/C15H11ClN2O3S/c1-21-14(20)8-2-4-10(12(19)6-8)17-15-18-11-5-3-9(16)7-13(11)22-15/h2-7,19H,1H3,(H,17,18). The minimum Gasteiger partial charge on any atom is -0.506 e. The van der Waals surface area contributed by atoms with Crippen LogP contribution in [0, 0.1) is 0 Å². The lowest BCUT2D eigenvalue weighted by molar-refractivity contribution is 0.0600. The first-order valence-electron chi connectivity index (χ1n) is 6.31. The van der Waals surface area contributed by atoms with Gasteiger partial charge >= 0.3 is 5.97 Å². The number of halogens is 1. The van der Waals surface area contributed by atoms with Crippen molar-refractivity contribution < 1.29 is 14.6 Å². The van der Waals surface area contributed by atoms with Gasteiger partial charge in [-0.05, 0) is 36.4 Å². The van der Waals surface area contributed by atoms with E-state index in [0.717, 1.165) is 10.2 Å². The van der Waals surface area contributed by atoms with Crippen LogP contribution < -0.4 is 5.32 Å². The van der Waals surface area contributed by atoms with E-state index in [0.29, 0.717) is 15.8 Å². The molecule has 0 fully saturated rings. The van der Waals surface area contributed by atoms with Crippen molar-refractivity contribution in [3.05, 3.63) is 47.0 Å². The summed E-state index contributed by atoms with van der Waals surface area (Å²) in [5.74, 6) is -0.559. The van der Waals surface area contributed by atoms with Crippen molar-refractivity contribution in [1.82, 2.24) is 4.98 Å². The number of nitrogens with zero attached hydrogens (tertiary/aromatic N) is 1. The molecule has 3 rings (SSSR count). The van der Waals surface area contributed by atoms with Gasteiger partial charge in [0.1, 0.15) is 5.75 Å². The topological polar surface area (TPSA) is 71.5 Å². The van der Waals surface area contributed by atoms with E-state index in [1.165, 1.54) is 24.5 Å². The molecule has 0 amide bonds. The number of benzene rings is 2. The minimum absolute atomic E-state index is 0.0554. The summed E-state index contributed by atoms with van der Waals surface area (Å²) in [6, 6.07) is 9.95. The lowest BCUT2D eigenvalue weighted by atomic mass is 10.2. The number of phenolic OH excluding ortho intramolecular Hbond substituents is 1. The summed E-state index contributed by atoms with van der Waals surface area (Å²) in [5.41, 5.74) is 1.56. The molecule has 1 heterocycles. The Bertz CT molecular complexity index is 863. The van der Waals surface area contributed by atoms with Gasteiger partial charge in [0.15, 0.2) is 5.13 Å². The first kappa shape index (κ1) is 14.6. The molecule has 0 saturated heterocycles. The number of hydrogen-bond donors (Lipinski definition) is 2. The number of rotatable bonds is 3. The predicted octanol–water partition coefficient (Wildman–Crippen LogP) is 4.19. The third kappa shape index (κ3) is 2.84. The maximum absolute atomic E-state index is 11.4. The van der Waals surface area contributed by atoms with Crippen molar-refractivity contribution in [1.29, 1.82) is 0 Å². The number of fused-ring (bicyclic) bond motifs is 1. The Morgan fingerprint density at radius 3 is 2.86 bits per heavy atom. The molecule has 7 heteroatoms. The van der Waals surface area contributed by atoms with Crippen LogP contribution in [0.2, 0.25) is 5.02 Å². The maximum atomic E-state index is 11.4. The molecule has 0 bridgehead atoms. The highest BCUT2D eigenvalue weighted by Crippen LogP contribution is 2.33. The fourth-order valence-electron chi connectivity index (χ4n) is 1.95. The van der Waals surface area contributed by atoms with Gasteiger partial charge in [-0.25, -0.2) is 9.78 Å². The smallest absolute Gasteiger partial charge is 0.337 e. The number of anilines is 2. The highest BCUT2D eigenvalue weighted by molar-refractivity contribution is 7.22. The average molecular weight is 335 g/mol. The zero-order valence-corrected chi connectivity index (χ0v) is 13.0. The molecule has 0 spiro atoms. The van der Waals surface area contributed by atoms with Gasteiger partial charge in [-0.1, -0.05) is 22.9 Å². The van der Waals surface area contributed by atoms with Gasteiger partial charge in [-0.15, -0.1) is 0 Å². The molecule has 5 nitrogen and oxygen atoms in total. The van der Waals surface area contributed by atoms with Crippen molar-refractivity contribution in [2.45, 2.75) is 0 Å². The number of aromatic nitrogens is 1. The van der Waals surface area contributed by atoms with Crippen LogP contribution in [-0.4, -0.2) is 23.2 Å². The van der Waals surface area contributed by atoms with Gasteiger partial charge in [0.05, 0.1) is 28.6 Å². The van der Waals surface area contributed by atoms with Crippen LogP contribution in [0.4, 0.5) is 10.8 Å². The fraction of sp³-hybridized carbons (Fsp3) is 0.0667. The molecule has 22 heavy (non-hydrogen) atoms. The molecule has 0 radical (unpaired) electrons. The van der Waals surface area contributed by atoms with Crippen molar-refractivity contribution in [2.75, 3.05) is 12.4 Å². The number of thiazole rings is 1. The lowest BCUT2D eigenvalue weighted by Crippen LogP contribution is -2.01. The second-order valence-corrected chi connectivity index (χ2v) is 5.95. The highest BCUT2D eigenvalue weighted by atomic mass is 35.5. The number of carbonyl (C=O) groups is 1. The van der Waals surface area contributed by atoms with Gasteiger partial charge in [0.2, 0.25) is 0 Å². The summed E-state index contributed by atoms with van der Waals surface area (Å²) < 4.78 is 5.55. The van der Waals surface area contributed by atoms with E-state index in [4.69, 9.17) is 11.6 Å². The summed E-state index contributed by atoms with van der Waals surface area (Å²) in [7, 11) is 1.29. The number of esters is 1. The Morgan fingerprint density at radius 2 is 2.14 bits per heavy atom. The van der Waals surface area contributed by atoms with E-state index in [2.05, 4.69) is 15.0 Å². The lowest BCUT2D eigenvalue weighted by Gasteiger charge is -2.06. The molecule has 2 aromatic carbocycles. The quantitative estimate of drug-likeness (QED) is 0.555. The third-order valence-electron chi connectivity index (χ3n) is 3.01. The molecule has 0 aliphatic heterocycles. The zero-order chi connectivity index (χ0) is 15.7. The number of aromatic hydroxyl groups is 1. The van der Waals surface area contributed by atoms with Crippen LogP contribution in [-0.2, 0) is 4.74 Å². The molecular weight excluding hydrogens is 324 g/mol.